The molecule has 2 amide bonds. The molecule has 30 heavy (non-hydrogen) atoms. The van der Waals surface area contributed by atoms with Crippen molar-refractivity contribution >= 4 is 45.0 Å². The van der Waals surface area contributed by atoms with Crippen LogP contribution in [0.4, 0.5) is 4.79 Å². The minimum absolute atomic E-state index is 0.00761. The maximum absolute atomic E-state index is 12.5. The second-order valence-corrected chi connectivity index (χ2v) is 9.10. The number of aryl methyl sites for hydroxylation is 1. The van der Waals surface area contributed by atoms with Crippen LogP contribution in [0.5, 0.6) is 0 Å². The third kappa shape index (κ3) is 4.18. The molecule has 158 valence electrons. The van der Waals surface area contributed by atoms with Gasteiger partial charge in [0, 0.05) is 17.1 Å². The van der Waals surface area contributed by atoms with Gasteiger partial charge in [-0.15, -0.1) is 0 Å². The van der Waals surface area contributed by atoms with Crippen molar-refractivity contribution in [3.05, 3.63) is 52.2 Å². The number of sulfonamides is 1. The highest BCUT2D eigenvalue weighted by atomic mass is 32.2. The van der Waals surface area contributed by atoms with Crippen LogP contribution in [-0.4, -0.2) is 48.7 Å². The van der Waals surface area contributed by atoms with Crippen molar-refractivity contribution in [3.63, 3.8) is 0 Å². The van der Waals surface area contributed by atoms with E-state index in [2.05, 4.69) is 4.74 Å². The van der Waals surface area contributed by atoms with Gasteiger partial charge in [0.25, 0.3) is 11.1 Å². The monoisotopic (exact) mass is 449 g/mol. The van der Waals surface area contributed by atoms with E-state index in [1.165, 1.54) is 19.2 Å². The number of hydrogen-bond acceptors (Lipinski definition) is 7. The molecule has 0 spiro atoms. The van der Waals surface area contributed by atoms with E-state index in [9.17, 15) is 22.8 Å². The number of hydrogen-bond donors (Lipinski definition) is 1. The van der Waals surface area contributed by atoms with Gasteiger partial charge in [0.1, 0.15) is 6.54 Å². The summed E-state index contributed by atoms with van der Waals surface area (Å²) in [5, 5.41) is 4.60. The highest BCUT2D eigenvalue weighted by Crippen LogP contribution is 2.33. The number of primary sulfonamides is 1. The van der Waals surface area contributed by atoms with Crippen LogP contribution >= 0.6 is 11.8 Å². The van der Waals surface area contributed by atoms with E-state index in [0.29, 0.717) is 5.56 Å². The van der Waals surface area contributed by atoms with Gasteiger partial charge >= 0.3 is 5.97 Å². The van der Waals surface area contributed by atoms with E-state index in [-0.39, 0.29) is 9.80 Å². The predicted molar refractivity (Wildman–Crippen MR) is 111 cm³/mol. The quantitative estimate of drug-likeness (QED) is 0.546. The van der Waals surface area contributed by atoms with Crippen molar-refractivity contribution in [3.8, 4) is 5.69 Å². The van der Waals surface area contributed by atoms with Crippen LogP contribution in [0.15, 0.2) is 40.1 Å². The molecule has 0 aliphatic carbocycles. The highest BCUT2D eigenvalue weighted by molar-refractivity contribution is 8.18. The first kappa shape index (κ1) is 21.8. The molecule has 11 heteroatoms. The Labute approximate surface area is 177 Å². The fourth-order valence-corrected chi connectivity index (χ4v) is 4.43. The summed E-state index contributed by atoms with van der Waals surface area (Å²) in [4.78, 5) is 37.1. The topological polar surface area (TPSA) is 129 Å². The summed E-state index contributed by atoms with van der Waals surface area (Å²) in [5.74, 6) is -1.24. The molecule has 0 atom stereocenters. The lowest BCUT2D eigenvalue weighted by Crippen LogP contribution is -2.34. The lowest BCUT2D eigenvalue weighted by atomic mass is 10.2. The minimum Gasteiger partial charge on any atom is -0.468 e. The summed E-state index contributed by atoms with van der Waals surface area (Å²) in [6.45, 7) is 3.26. The van der Waals surface area contributed by atoms with Gasteiger partial charge in [-0.3, -0.25) is 19.3 Å². The Morgan fingerprint density at radius 1 is 1.20 bits per heavy atom. The van der Waals surface area contributed by atoms with Crippen LogP contribution in [0, 0.1) is 13.8 Å². The minimum atomic E-state index is -3.79. The van der Waals surface area contributed by atoms with Gasteiger partial charge in [-0.2, -0.15) is 0 Å². The van der Waals surface area contributed by atoms with Gasteiger partial charge in [0.15, 0.2) is 0 Å². The largest absolute Gasteiger partial charge is 0.468 e. The molecular formula is C19H19N3O6S2. The number of methoxy groups -OCH3 is 1. The molecule has 1 aliphatic rings. The second kappa shape index (κ2) is 8.09. The number of rotatable bonds is 5. The van der Waals surface area contributed by atoms with Crippen molar-refractivity contribution in [2.45, 2.75) is 18.7 Å². The summed E-state index contributed by atoms with van der Waals surface area (Å²) >= 11 is 0.754. The van der Waals surface area contributed by atoms with Crippen LogP contribution in [-0.2, 0) is 24.3 Å². The molecule has 0 unspecified atom stereocenters. The number of esters is 1. The smallest absolute Gasteiger partial charge is 0.325 e. The Morgan fingerprint density at radius 2 is 1.83 bits per heavy atom. The van der Waals surface area contributed by atoms with Gasteiger partial charge in [-0.05, 0) is 67.6 Å². The van der Waals surface area contributed by atoms with Crippen LogP contribution < -0.4 is 5.14 Å². The summed E-state index contributed by atoms with van der Waals surface area (Å²) < 4.78 is 29.3. The lowest BCUT2D eigenvalue weighted by molar-refractivity contribution is -0.143. The second-order valence-electron chi connectivity index (χ2n) is 6.54. The highest BCUT2D eigenvalue weighted by Gasteiger charge is 2.36. The molecule has 9 nitrogen and oxygen atoms in total. The molecule has 2 aromatic rings. The Morgan fingerprint density at radius 3 is 2.40 bits per heavy atom. The van der Waals surface area contributed by atoms with Crippen molar-refractivity contribution in [2.24, 2.45) is 5.14 Å². The maximum Gasteiger partial charge on any atom is 0.325 e. The first-order valence-corrected chi connectivity index (χ1v) is 11.0. The van der Waals surface area contributed by atoms with E-state index in [0.717, 1.165) is 33.7 Å². The molecule has 0 saturated carbocycles. The van der Waals surface area contributed by atoms with Crippen molar-refractivity contribution in [2.75, 3.05) is 13.7 Å². The Hall–Kier alpha value is -2.89. The fourth-order valence-electron chi connectivity index (χ4n) is 3.09. The van der Waals surface area contributed by atoms with Crippen LogP contribution in [0.1, 0.15) is 17.0 Å². The maximum atomic E-state index is 12.5. The van der Waals surface area contributed by atoms with Crippen molar-refractivity contribution in [1.29, 1.82) is 0 Å². The molecule has 3 rings (SSSR count). The zero-order valence-corrected chi connectivity index (χ0v) is 18.0. The first-order chi connectivity index (χ1) is 14.0. The normalized spacial score (nSPS) is 15.9. The van der Waals surface area contributed by atoms with E-state index in [1.807, 2.05) is 24.5 Å². The third-order valence-corrected chi connectivity index (χ3v) is 6.41. The fraction of sp³-hybridized carbons (Fsp3) is 0.211. The van der Waals surface area contributed by atoms with E-state index in [1.54, 1.807) is 18.2 Å². The van der Waals surface area contributed by atoms with Crippen molar-refractivity contribution < 1.29 is 27.5 Å². The Bertz CT molecular complexity index is 1180. The van der Waals surface area contributed by atoms with Crippen LogP contribution in [0.25, 0.3) is 11.8 Å². The number of carbonyl (C=O) groups excluding carboxylic acids is 3. The zero-order chi connectivity index (χ0) is 22.2. The molecular weight excluding hydrogens is 430 g/mol. The molecule has 0 radical (unpaired) electrons. The summed E-state index contributed by atoms with van der Waals surface area (Å²) in [7, 11) is -2.61. The number of imide groups is 1. The van der Waals surface area contributed by atoms with Crippen molar-refractivity contribution in [1.82, 2.24) is 9.47 Å². The van der Waals surface area contributed by atoms with Gasteiger partial charge < -0.3 is 9.30 Å². The summed E-state index contributed by atoms with van der Waals surface area (Å²) in [5.41, 5.74) is 3.06. The SMILES string of the molecule is COC(=O)CN1C(=O)SC(=Cc2cc(C)n(-c3ccc(S(N)(=O)=O)cc3)c2C)C1=O. The number of aromatic nitrogens is 1. The van der Waals surface area contributed by atoms with E-state index >= 15 is 0 Å². The number of ether oxygens (including phenoxy) is 1. The van der Waals surface area contributed by atoms with E-state index in [4.69, 9.17) is 5.14 Å². The molecule has 1 aromatic heterocycles. The number of thioether (sulfide) groups is 1. The van der Waals surface area contributed by atoms with Gasteiger partial charge in [-0.1, -0.05) is 0 Å². The molecule has 0 bridgehead atoms. The first-order valence-electron chi connectivity index (χ1n) is 8.67. The van der Waals surface area contributed by atoms with Crippen LogP contribution in [0.3, 0.4) is 0 Å². The third-order valence-electron chi connectivity index (χ3n) is 4.57. The average molecular weight is 450 g/mol. The predicted octanol–water partition coefficient (Wildman–Crippen LogP) is 1.95. The molecule has 1 fully saturated rings. The number of benzene rings is 1. The van der Waals surface area contributed by atoms with Crippen LogP contribution in [0.2, 0.25) is 0 Å². The Balaban J connectivity index is 1.94. The van der Waals surface area contributed by atoms with Gasteiger partial charge in [-0.25, -0.2) is 13.6 Å². The molecule has 2 heterocycles. The molecule has 1 aliphatic heterocycles. The number of amides is 2. The number of carbonyl (C=O) groups is 3. The molecule has 1 saturated heterocycles. The number of nitrogens with zero attached hydrogens (tertiary/aromatic N) is 2. The average Bonchev–Trinajstić information content (AvgIpc) is 3.10. The molecule has 2 N–H and O–H groups in total. The zero-order valence-electron chi connectivity index (χ0n) is 16.4. The summed E-state index contributed by atoms with van der Waals surface area (Å²) in [6, 6.07) is 7.95. The Kier molecular flexibility index (Phi) is 5.88. The van der Waals surface area contributed by atoms with E-state index < -0.39 is 33.7 Å². The number of nitrogens with two attached hydrogens (primary N) is 1. The van der Waals surface area contributed by atoms with Gasteiger partial charge in [0.2, 0.25) is 10.0 Å². The standard InChI is InChI=1S/C19H19N3O6S2/c1-11-8-13(9-16-18(24)21(19(25)29-16)10-17(23)28-3)12(2)22(11)14-4-6-15(7-5-14)30(20,26)27/h4-9H,10H2,1-3H3,(H2,20,26,27). The lowest BCUT2D eigenvalue weighted by Gasteiger charge is -2.10. The summed E-state index contributed by atoms with van der Waals surface area (Å²) in [6.07, 6.45) is 1.60. The molecule has 1 aromatic carbocycles. The van der Waals surface area contributed by atoms with Gasteiger partial charge in [0.05, 0.1) is 16.9 Å².